The molecule has 17 heavy (non-hydrogen) atoms. The van der Waals surface area contributed by atoms with Crippen molar-refractivity contribution in [3.63, 3.8) is 0 Å². The number of benzene rings is 1. The van der Waals surface area contributed by atoms with E-state index >= 15 is 0 Å². The maximum absolute atomic E-state index is 9.00. The number of imidazole rings is 1. The Morgan fingerprint density at radius 1 is 1.41 bits per heavy atom. The first-order valence-corrected chi connectivity index (χ1v) is 5.46. The molecule has 4 nitrogen and oxygen atoms in total. The molecule has 0 amide bonds. The molecule has 0 unspecified atom stereocenters. The van der Waals surface area contributed by atoms with Gasteiger partial charge in [0.25, 0.3) is 0 Å². The molecular weight excluding hydrogens is 212 g/mol. The number of rotatable bonds is 4. The molecule has 1 aromatic carbocycles. The van der Waals surface area contributed by atoms with Crippen LogP contribution in [0, 0.1) is 11.3 Å². The summed E-state index contributed by atoms with van der Waals surface area (Å²) >= 11 is 0. The predicted octanol–water partition coefficient (Wildman–Crippen LogP) is 1.52. The molecule has 0 radical (unpaired) electrons. The minimum atomic E-state index is 0.681. The highest BCUT2D eigenvalue weighted by Crippen LogP contribution is 2.09. The van der Waals surface area contributed by atoms with Crippen LogP contribution in [0.25, 0.3) is 0 Å². The normalized spacial score (nSPS) is 10.1. The van der Waals surface area contributed by atoms with Crippen LogP contribution in [0.4, 0.5) is 0 Å². The van der Waals surface area contributed by atoms with E-state index in [9.17, 15) is 0 Å². The standard InChI is InChI=1S/C13H14N4/c1-15-7-13-9-17(10-16-13)8-12-5-3-2-4-11(12)6-14/h2-5,9-10,15H,7-8H2,1H3. The highest BCUT2D eigenvalue weighted by atomic mass is 15.0. The summed E-state index contributed by atoms with van der Waals surface area (Å²) in [6.07, 6.45) is 3.78. The van der Waals surface area contributed by atoms with E-state index in [1.54, 1.807) is 6.33 Å². The SMILES string of the molecule is CNCc1cn(Cc2ccccc2C#N)cn1. The van der Waals surface area contributed by atoms with Crippen molar-refractivity contribution in [2.24, 2.45) is 0 Å². The van der Waals surface area contributed by atoms with E-state index in [4.69, 9.17) is 5.26 Å². The van der Waals surface area contributed by atoms with Crippen LogP contribution >= 0.6 is 0 Å². The Bertz CT molecular complexity index is 536. The van der Waals surface area contributed by atoms with Gasteiger partial charge >= 0.3 is 0 Å². The molecule has 0 bridgehead atoms. The topological polar surface area (TPSA) is 53.6 Å². The lowest BCUT2D eigenvalue weighted by molar-refractivity contribution is 0.781. The summed E-state index contributed by atoms with van der Waals surface area (Å²) in [6.45, 7) is 1.44. The molecule has 1 N–H and O–H groups in total. The summed E-state index contributed by atoms with van der Waals surface area (Å²) in [4.78, 5) is 4.28. The second kappa shape index (κ2) is 5.28. The number of aromatic nitrogens is 2. The maximum atomic E-state index is 9.00. The van der Waals surface area contributed by atoms with Crippen LogP contribution in [0.15, 0.2) is 36.8 Å². The molecule has 0 aliphatic heterocycles. The van der Waals surface area contributed by atoms with Crippen LogP contribution in [0.5, 0.6) is 0 Å². The quantitative estimate of drug-likeness (QED) is 0.860. The Morgan fingerprint density at radius 3 is 3.00 bits per heavy atom. The van der Waals surface area contributed by atoms with Gasteiger partial charge in [0.15, 0.2) is 0 Å². The average Bonchev–Trinajstić information content (AvgIpc) is 2.78. The van der Waals surface area contributed by atoms with Gasteiger partial charge in [0, 0.05) is 19.3 Å². The molecule has 4 heteroatoms. The highest BCUT2D eigenvalue weighted by Gasteiger charge is 2.03. The Hall–Kier alpha value is -2.12. The monoisotopic (exact) mass is 226 g/mol. The van der Waals surface area contributed by atoms with Crippen LogP contribution in [0.2, 0.25) is 0 Å². The van der Waals surface area contributed by atoms with Gasteiger partial charge in [-0.15, -0.1) is 0 Å². The average molecular weight is 226 g/mol. The zero-order valence-corrected chi connectivity index (χ0v) is 9.72. The fraction of sp³-hybridized carbons (Fsp3) is 0.231. The summed E-state index contributed by atoms with van der Waals surface area (Å²) in [5.41, 5.74) is 2.74. The zero-order valence-electron chi connectivity index (χ0n) is 9.72. The zero-order chi connectivity index (χ0) is 12.1. The highest BCUT2D eigenvalue weighted by molar-refractivity contribution is 5.37. The Labute approximate surface area is 101 Å². The summed E-state index contributed by atoms with van der Waals surface area (Å²) < 4.78 is 1.99. The van der Waals surface area contributed by atoms with Gasteiger partial charge in [-0.3, -0.25) is 0 Å². The van der Waals surface area contributed by atoms with E-state index < -0.39 is 0 Å². The summed E-state index contributed by atoms with van der Waals surface area (Å²) in [5, 5.41) is 12.1. The van der Waals surface area contributed by atoms with Gasteiger partial charge in [-0.05, 0) is 18.7 Å². The van der Waals surface area contributed by atoms with Crippen LogP contribution < -0.4 is 5.32 Å². The number of nitrogens with zero attached hydrogens (tertiary/aromatic N) is 3. The number of hydrogen-bond donors (Lipinski definition) is 1. The van der Waals surface area contributed by atoms with E-state index in [0.717, 1.165) is 23.4 Å². The van der Waals surface area contributed by atoms with Crippen molar-refractivity contribution < 1.29 is 0 Å². The third-order valence-electron chi connectivity index (χ3n) is 2.54. The molecule has 0 saturated carbocycles. The third-order valence-corrected chi connectivity index (χ3v) is 2.54. The summed E-state index contributed by atoms with van der Waals surface area (Å²) in [6, 6.07) is 9.83. The van der Waals surface area contributed by atoms with E-state index in [1.807, 2.05) is 42.1 Å². The molecular formula is C13H14N4. The fourth-order valence-corrected chi connectivity index (χ4v) is 1.73. The van der Waals surface area contributed by atoms with Crippen molar-refractivity contribution in [3.05, 3.63) is 53.6 Å². The first-order valence-electron chi connectivity index (χ1n) is 5.46. The van der Waals surface area contributed by atoms with Crippen molar-refractivity contribution in [2.75, 3.05) is 7.05 Å². The van der Waals surface area contributed by atoms with Gasteiger partial charge < -0.3 is 9.88 Å². The lowest BCUT2D eigenvalue weighted by Gasteiger charge is -2.04. The van der Waals surface area contributed by atoms with Gasteiger partial charge in [0.1, 0.15) is 0 Å². The van der Waals surface area contributed by atoms with Crippen LogP contribution in [0.1, 0.15) is 16.8 Å². The third kappa shape index (κ3) is 2.71. The lowest BCUT2D eigenvalue weighted by atomic mass is 10.1. The van der Waals surface area contributed by atoms with Crippen molar-refractivity contribution in [1.82, 2.24) is 14.9 Å². The summed E-state index contributed by atoms with van der Waals surface area (Å²) in [5.74, 6) is 0. The molecule has 0 fully saturated rings. The smallest absolute Gasteiger partial charge is 0.0995 e. The van der Waals surface area contributed by atoms with Crippen LogP contribution in [-0.2, 0) is 13.1 Å². The van der Waals surface area contributed by atoms with E-state index in [0.29, 0.717) is 6.54 Å². The first-order chi connectivity index (χ1) is 8.33. The Balaban J connectivity index is 2.17. The van der Waals surface area contributed by atoms with Crippen molar-refractivity contribution in [2.45, 2.75) is 13.1 Å². The maximum Gasteiger partial charge on any atom is 0.0995 e. The van der Waals surface area contributed by atoms with Gasteiger partial charge in [-0.1, -0.05) is 18.2 Å². The predicted molar refractivity (Wildman–Crippen MR) is 65.2 cm³/mol. The minimum absolute atomic E-state index is 0.681. The molecule has 0 aliphatic carbocycles. The van der Waals surface area contributed by atoms with Gasteiger partial charge in [-0.25, -0.2) is 4.98 Å². The Kier molecular flexibility index (Phi) is 3.53. The number of hydrogen-bond acceptors (Lipinski definition) is 3. The second-order valence-corrected chi connectivity index (χ2v) is 3.84. The fourth-order valence-electron chi connectivity index (χ4n) is 1.73. The molecule has 0 aliphatic rings. The molecule has 0 atom stereocenters. The van der Waals surface area contributed by atoms with Crippen LogP contribution in [0.3, 0.4) is 0 Å². The lowest BCUT2D eigenvalue weighted by Crippen LogP contribution is -2.05. The second-order valence-electron chi connectivity index (χ2n) is 3.84. The van der Waals surface area contributed by atoms with Gasteiger partial charge in [0.05, 0.1) is 23.7 Å². The summed E-state index contributed by atoms with van der Waals surface area (Å²) in [7, 11) is 1.89. The molecule has 0 spiro atoms. The Morgan fingerprint density at radius 2 is 2.24 bits per heavy atom. The molecule has 2 aromatic rings. The molecule has 1 aromatic heterocycles. The van der Waals surface area contributed by atoms with Crippen molar-refractivity contribution in [1.29, 1.82) is 5.26 Å². The minimum Gasteiger partial charge on any atom is -0.333 e. The van der Waals surface area contributed by atoms with Gasteiger partial charge in [-0.2, -0.15) is 5.26 Å². The van der Waals surface area contributed by atoms with Crippen molar-refractivity contribution in [3.8, 4) is 6.07 Å². The molecule has 0 saturated heterocycles. The molecule has 1 heterocycles. The van der Waals surface area contributed by atoms with Gasteiger partial charge in [0.2, 0.25) is 0 Å². The molecule has 86 valence electrons. The van der Waals surface area contributed by atoms with E-state index in [-0.39, 0.29) is 0 Å². The van der Waals surface area contributed by atoms with Crippen molar-refractivity contribution >= 4 is 0 Å². The number of nitriles is 1. The van der Waals surface area contributed by atoms with E-state index in [2.05, 4.69) is 16.4 Å². The van der Waals surface area contributed by atoms with E-state index in [1.165, 1.54) is 0 Å². The molecule has 2 rings (SSSR count). The first kappa shape index (κ1) is 11.4. The van der Waals surface area contributed by atoms with Crippen LogP contribution in [-0.4, -0.2) is 16.6 Å². The largest absolute Gasteiger partial charge is 0.333 e. The number of nitrogens with one attached hydrogen (secondary N) is 1.